The van der Waals surface area contributed by atoms with Gasteiger partial charge in [-0.05, 0) is 25.0 Å². The van der Waals surface area contributed by atoms with E-state index in [1.165, 1.54) is 24.3 Å². The first-order valence-corrected chi connectivity index (χ1v) is 7.96. The van der Waals surface area contributed by atoms with Crippen molar-refractivity contribution in [2.24, 2.45) is 5.92 Å². The van der Waals surface area contributed by atoms with E-state index in [2.05, 4.69) is 34.9 Å². The lowest BCUT2D eigenvalue weighted by Crippen LogP contribution is -2.35. The lowest BCUT2D eigenvalue weighted by atomic mass is 10.1. The minimum absolute atomic E-state index is 0.597. The van der Waals surface area contributed by atoms with Gasteiger partial charge in [0.25, 0.3) is 0 Å². The molecule has 2 atom stereocenters. The number of hydrogen-bond donors (Lipinski definition) is 0. The summed E-state index contributed by atoms with van der Waals surface area (Å²) in [5.41, 5.74) is 2.46. The van der Waals surface area contributed by atoms with Gasteiger partial charge in [-0.15, -0.1) is 0 Å². The molecule has 1 aromatic carbocycles. The molecule has 0 saturated carbocycles. The van der Waals surface area contributed by atoms with Gasteiger partial charge in [-0.1, -0.05) is 6.07 Å². The zero-order valence-corrected chi connectivity index (χ0v) is 13.2. The highest BCUT2D eigenvalue weighted by Crippen LogP contribution is 2.27. The average molecular weight is 290 g/mol. The molecule has 0 N–H and O–H groups in total. The van der Waals surface area contributed by atoms with E-state index in [9.17, 15) is 0 Å². The van der Waals surface area contributed by atoms with Crippen molar-refractivity contribution < 1.29 is 9.47 Å². The Kier molecular flexibility index (Phi) is 4.66. The van der Waals surface area contributed by atoms with E-state index in [0.717, 1.165) is 45.0 Å². The normalized spacial score (nSPS) is 26.7. The molecule has 2 saturated heterocycles. The Labute approximate surface area is 127 Å². The highest BCUT2D eigenvalue weighted by Gasteiger charge is 2.24. The molecule has 2 aliphatic heterocycles. The van der Waals surface area contributed by atoms with Crippen molar-refractivity contribution in [2.75, 3.05) is 57.9 Å². The lowest BCUT2D eigenvalue weighted by Gasteiger charge is -2.27. The highest BCUT2D eigenvalue weighted by atomic mass is 16.5. The van der Waals surface area contributed by atoms with Gasteiger partial charge < -0.3 is 19.3 Å². The van der Waals surface area contributed by atoms with Gasteiger partial charge in [0.05, 0.1) is 13.7 Å². The Morgan fingerprint density at radius 2 is 2.10 bits per heavy atom. The Bertz CT molecular complexity index is 478. The van der Waals surface area contributed by atoms with Crippen molar-refractivity contribution in [3.05, 3.63) is 23.8 Å². The van der Waals surface area contributed by atoms with Crippen molar-refractivity contribution >= 4 is 5.69 Å². The fourth-order valence-corrected chi connectivity index (χ4v) is 3.37. The standard InChI is InChI=1S/C17H26N2O2/c1-14-4-5-16(10-17(14)20-2)19-8-7-18-6-3-9-21-13-15(11-18)12-19/h4-5,10,15H,3,6-9,11-13H2,1-2H3/t15-/m0/s1. The van der Waals surface area contributed by atoms with Gasteiger partial charge in [0, 0.05) is 57.0 Å². The SMILES string of the molecule is COc1cc(N2CCN3CCCOC[C@@H](C3)C2)ccc1C. The second-order valence-corrected chi connectivity index (χ2v) is 6.20. The zero-order valence-electron chi connectivity index (χ0n) is 13.2. The van der Waals surface area contributed by atoms with E-state index in [1.807, 2.05) is 0 Å². The number of rotatable bonds is 2. The number of benzene rings is 1. The fourth-order valence-electron chi connectivity index (χ4n) is 3.37. The Hall–Kier alpha value is -1.26. The van der Waals surface area contributed by atoms with E-state index >= 15 is 0 Å². The number of hydrogen-bond acceptors (Lipinski definition) is 4. The van der Waals surface area contributed by atoms with Crippen LogP contribution in [0.1, 0.15) is 12.0 Å². The van der Waals surface area contributed by atoms with Crippen LogP contribution in [0, 0.1) is 12.8 Å². The maximum absolute atomic E-state index is 5.79. The van der Waals surface area contributed by atoms with E-state index in [4.69, 9.17) is 9.47 Å². The third-order valence-corrected chi connectivity index (χ3v) is 4.55. The molecule has 4 heteroatoms. The summed E-state index contributed by atoms with van der Waals surface area (Å²) >= 11 is 0. The molecule has 0 radical (unpaired) electrons. The molecule has 1 unspecified atom stereocenters. The highest BCUT2D eigenvalue weighted by molar-refractivity contribution is 5.53. The summed E-state index contributed by atoms with van der Waals surface area (Å²) in [7, 11) is 1.75. The zero-order chi connectivity index (χ0) is 14.7. The van der Waals surface area contributed by atoms with Crippen molar-refractivity contribution in [3.8, 4) is 5.75 Å². The number of ether oxygens (including phenoxy) is 2. The predicted octanol–water partition coefficient (Wildman–Crippen LogP) is 2.16. The van der Waals surface area contributed by atoms with Gasteiger partial charge in [0.2, 0.25) is 0 Å². The fraction of sp³-hybridized carbons (Fsp3) is 0.647. The molecule has 2 aliphatic rings. The topological polar surface area (TPSA) is 24.9 Å². The van der Waals surface area contributed by atoms with Crippen LogP contribution in [-0.4, -0.2) is 57.9 Å². The minimum atomic E-state index is 0.597. The molecule has 2 heterocycles. The van der Waals surface area contributed by atoms with Crippen LogP contribution in [-0.2, 0) is 4.74 Å². The van der Waals surface area contributed by atoms with Crippen LogP contribution in [0.15, 0.2) is 18.2 Å². The van der Waals surface area contributed by atoms with Gasteiger partial charge >= 0.3 is 0 Å². The summed E-state index contributed by atoms with van der Waals surface area (Å²) in [5, 5.41) is 0. The summed E-state index contributed by atoms with van der Waals surface area (Å²) in [6.45, 7) is 9.52. The Morgan fingerprint density at radius 1 is 1.19 bits per heavy atom. The van der Waals surface area contributed by atoms with Crippen molar-refractivity contribution in [1.29, 1.82) is 0 Å². The number of fused-ring (bicyclic) bond motifs is 2. The van der Waals surface area contributed by atoms with Crippen LogP contribution in [0.3, 0.4) is 0 Å². The van der Waals surface area contributed by atoms with E-state index in [1.54, 1.807) is 7.11 Å². The number of nitrogens with zero attached hydrogens (tertiary/aromatic N) is 2. The summed E-state index contributed by atoms with van der Waals surface area (Å²) in [4.78, 5) is 5.08. The van der Waals surface area contributed by atoms with Gasteiger partial charge in [0.1, 0.15) is 5.75 Å². The van der Waals surface area contributed by atoms with Gasteiger partial charge in [0.15, 0.2) is 0 Å². The van der Waals surface area contributed by atoms with Crippen molar-refractivity contribution in [2.45, 2.75) is 13.3 Å². The van der Waals surface area contributed by atoms with Crippen molar-refractivity contribution in [3.63, 3.8) is 0 Å². The molecule has 2 fully saturated rings. The molecule has 0 amide bonds. The molecule has 0 spiro atoms. The first-order chi connectivity index (χ1) is 10.3. The van der Waals surface area contributed by atoms with Crippen LogP contribution in [0.4, 0.5) is 5.69 Å². The summed E-state index contributed by atoms with van der Waals surface area (Å²) in [6.07, 6.45) is 1.16. The molecule has 21 heavy (non-hydrogen) atoms. The molecule has 4 nitrogen and oxygen atoms in total. The quantitative estimate of drug-likeness (QED) is 0.833. The van der Waals surface area contributed by atoms with Gasteiger partial charge in [-0.2, -0.15) is 0 Å². The van der Waals surface area contributed by atoms with E-state index in [-0.39, 0.29) is 0 Å². The summed E-state index contributed by atoms with van der Waals surface area (Å²) in [5.74, 6) is 1.57. The molecular formula is C17H26N2O2. The molecule has 1 aromatic rings. The average Bonchev–Trinajstić information content (AvgIpc) is 2.69. The van der Waals surface area contributed by atoms with E-state index in [0.29, 0.717) is 5.92 Å². The second kappa shape index (κ2) is 6.67. The number of aryl methyl sites for hydroxylation is 1. The third kappa shape index (κ3) is 3.50. The van der Waals surface area contributed by atoms with Crippen LogP contribution >= 0.6 is 0 Å². The van der Waals surface area contributed by atoms with Gasteiger partial charge in [-0.3, -0.25) is 0 Å². The largest absolute Gasteiger partial charge is 0.496 e. The molecule has 3 rings (SSSR count). The molecule has 0 aromatic heterocycles. The third-order valence-electron chi connectivity index (χ3n) is 4.55. The Morgan fingerprint density at radius 3 is 2.95 bits per heavy atom. The van der Waals surface area contributed by atoms with Crippen LogP contribution < -0.4 is 9.64 Å². The van der Waals surface area contributed by atoms with E-state index < -0.39 is 0 Å². The summed E-state index contributed by atoms with van der Waals surface area (Å²) in [6, 6.07) is 6.54. The van der Waals surface area contributed by atoms with Crippen LogP contribution in [0.25, 0.3) is 0 Å². The van der Waals surface area contributed by atoms with Crippen LogP contribution in [0.2, 0.25) is 0 Å². The minimum Gasteiger partial charge on any atom is -0.496 e. The predicted molar refractivity (Wildman–Crippen MR) is 85.3 cm³/mol. The monoisotopic (exact) mass is 290 g/mol. The van der Waals surface area contributed by atoms with Crippen molar-refractivity contribution in [1.82, 2.24) is 4.90 Å². The smallest absolute Gasteiger partial charge is 0.123 e. The Balaban J connectivity index is 1.78. The van der Waals surface area contributed by atoms with Crippen LogP contribution in [0.5, 0.6) is 5.75 Å². The second-order valence-electron chi connectivity index (χ2n) is 6.20. The molecule has 116 valence electrons. The lowest BCUT2D eigenvalue weighted by molar-refractivity contribution is 0.0606. The first-order valence-electron chi connectivity index (χ1n) is 7.96. The molecule has 2 bridgehead atoms. The first kappa shape index (κ1) is 14.7. The molecular weight excluding hydrogens is 264 g/mol. The number of methoxy groups -OCH3 is 1. The molecule has 0 aliphatic carbocycles. The maximum Gasteiger partial charge on any atom is 0.123 e. The summed E-state index contributed by atoms with van der Waals surface area (Å²) < 4.78 is 11.3. The van der Waals surface area contributed by atoms with Gasteiger partial charge in [-0.25, -0.2) is 0 Å². The maximum atomic E-state index is 5.79. The number of anilines is 1.